The fourth-order valence-electron chi connectivity index (χ4n) is 2.69. The van der Waals surface area contributed by atoms with Crippen LogP contribution in [0.4, 0.5) is 0 Å². The smallest absolute Gasteiger partial charge is 0.0868 e. The van der Waals surface area contributed by atoms with Crippen molar-refractivity contribution in [3.8, 4) is 0 Å². The van der Waals surface area contributed by atoms with E-state index >= 15 is 0 Å². The van der Waals surface area contributed by atoms with Crippen LogP contribution in [0.15, 0.2) is 0 Å². The molecular formula is C12H26N4. The zero-order chi connectivity index (χ0) is 11.4. The second kappa shape index (κ2) is 5.96. The van der Waals surface area contributed by atoms with Gasteiger partial charge in [0, 0.05) is 12.1 Å². The zero-order valence-electron chi connectivity index (χ0n) is 10.6. The lowest BCUT2D eigenvalue weighted by Crippen LogP contribution is -2.69. The fraction of sp³-hybridized carbons (Fsp3) is 1.00. The molecule has 2 rings (SSSR count). The molecule has 0 aliphatic carbocycles. The van der Waals surface area contributed by atoms with Gasteiger partial charge >= 0.3 is 0 Å². The van der Waals surface area contributed by atoms with Crippen LogP contribution in [0.2, 0.25) is 0 Å². The summed E-state index contributed by atoms with van der Waals surface area (Å²) in [4.78, 5) is 0. The minimum absolute atomic E-state index is 0.382. The molecule has 16 heavy (non-hydrogen) atoms. The molecule has 0 radical (unpaired) electrons. The Labute approximate surface area is 98.9 Å². The molecule has 0 aromatic rings. The van der Waals surface area contributed by atoms with Crippen molar-refractivity contribution in [3.05, 3.63) is 0 Å². The van der Waals surface area contributed by atoms with Crippen molar-refractivity contribution in [2.45, 2.75) is 63.9 Å². The number of nitrogens with one attached hydrogen (secondary N) is 4. The topological polar surface area (TPSA) is 48.1 Å². The first-order valence-corrected chi connectivity index (χ1v) is 6.82. The minimum Gasteiger partial charge on any atom is -0.299 e. The van der Waals surface area contributed by atoms with E-state index in [1.807, 2.05) is 0 Å². The summed E-state index contributed by atoms with van der Waals surface area (Å²) in [6.07, 6.45) is 5.71. The molecule has 2 aliphatic heterocycles. The average molecular weight is 226 g/mol. The van der Waals surface area contributed by atoms with Gasteiger partial charge in [-0.05, 0) is 38.8 Å². The van der Waals surface area contributed by atoms with E-state index in [1.54, 1.807) is 0 Å². The third-order valence-corrected chi connectivity index (χ3v) is 3.86. The highest BCUT2D eigenvalue weighted by Crippen LogP contribution is 2.09. The summed E-state index contributed by atoms with van der Waals surface area (Å²) < 4.78 is 0. The molecule has 2 fully saturated rings. The highest BCUT2D eigenvalue weighted by atomic mass is 15.3. The first-order valence-electron chi connectivity index (χ1n) is 6.82. The Morgan fingerprint density at radius 1 is 0.812 bits per heavy atom. The summed E-state index contributed by atoms with van der Waals surface area (Å²) >= 11 is 0. The molecule has 4 N–H and O–H groups in total. The van der Waals surface area contributed by atoms with Crippen LogP contribution in [0.25, 0.3) is 0 Å². The van der Waals surface area contributed by atoms with Crippen LogP contribution < -0.4 is 21.3 Å². The first-order chi connectivity index (χ1) is 7.83. The summed E-state index contributed by atoms with van der Waals surface area (Å²) in [5.74, 6) is 0. The van der Waals surface area contributed by atoms with Gasteiger partial charge in [0.25, 0.3) is 0 Å². The van der Waals surface area contributed by atoms with Crippen molar-refractivity contribution in [1.82, 2.24) is 21.3 Å². The van der Waals surface area contributed by atoms with Crippen molar-refractivity contribution < 1.29 is 0 Å². The predicted octanol–water partition coefficient (Wildman–Crippen LogP) is 0.362. The number of rotatable bonds is 3. The van der Waals surface area contributed by atoms with Crippen LogP contribution in [0.1, 0.15) is 39.5 Å². The number of hydrogen-bond donors (Lipinski definition) is 4. The highest BCUT2D eigenvalue weighted by Gasteiger charge is 2.29. The third-order valence-electron chi connectivity index (χ3n) is 3.86. The van der Waals surface area contributed by atoms with E-state index in [1.165, 1.54) is 25.7 Å². The Balaban J connectivity index is 1.85. The first kappa shape index (κ1) is 12.3. The molecule has 0 aromatic heterocycles. The standard InChI is InChI=1S/C12H26N4/c1-3-9-5-7-13-11(15-9)12-14-8-6-10(4-2)16-12/h9-16H,3-8H2,1-2H3/t9-,10+,11+,12-. The van der Waals surface area contributed by atoms with Gasteiger partial charge in [0.15, 0.2) is 0 Å². The Kier molecular flexibility index (Phi) is 4.58. The summed E-state index contributed by atoms with van der Waals surface area (Å²) in [5, 5.41) is 14.5. The lowest BCUT2D eigenvalue weighted by atomic mass is 10.0. The van der Waals surface area contributed by atoms with Crippen molar-refractivity contribution >= 4 is 0 Å². The molecule has 0 amide bonds. The molecular weight excluding hydrogens is 200 g/mol. The summed E-state index contributed by atoms with van der Waals surface area (Å²) in [6.45, 7) is 6.78. The predicted molar refractivity (Wildman–Crippen MR) is 67.2 cm³/mol. The molecule has 0 saturated carbocycles. The summed E-state index contributed by atoms with van der Waals surface area (Å²) in [5.41, 5.74) is 0. The van der Waals surface area contributed by atoms with Crippen LogP contribution in [-0.4, -0.2) is 37.5 Å². The second-order valence-corrected chi connectivity index (χ2v) is 4.98. The van der Waals surface area contributed by atoms with Gasteiger partial charge in [-0.1, -0.05) is 13.8 Å². The number of hydrogen-bond acceptors (Lipinski definition) is 4. The van der Waals surface area contributed by atoms with E-state index in [4.69, 9.17) is 0 Å². The summed E-state index contributed by atoms with van der Waals surface area (Å²) in [7, 11) is 0. The quantitative estimate of drug-likeness (QED) is 0.561. The third kappa shape index (κ3) is 2.94. The largest absolute Gasteiger partial charge is 0.299 e. The Morgan fingerprint density at radius 2 is 1.25 bits per heavy atom. The molecule has 4 heteroatoms. The van der Waals surface area contributed by atoms with Gasteiger partial charge in [-0.2, -0.15) is 0 Å². The van der Waals surface area contributed by atoms with Crippen LogP contribution in [0.5, 0.6) is 0 Å². The van der Waals surface area contributed by atoms with E-state index in [-0.39, 0.29) is 0 Å². The Bertz CT molecular complexity index is 187. The Hall–Kier alpha value is -0.160. The second-order valence-electron chi connectivity index (χ2n) is 4.98. The lowest BCUT2D eigenvalue weighted by molar-refractivity contribution is 0.176. The molecule has 94 valence electrons. The van der Waals surface area contributed by atoms with Crippen molar-refractivity contribution in [2.24, 2.45) is 0 Å². The molecule has 0 unspecified atom stereocenters. The van der Waals surface area contributed by atoms with Crippen molar-refractivity contribution in [2.75, 3.05) is 13.1 Å². The van der Waals surface area contributed by atoms with E-state index in [0.717, 1.165) is 13.1 Å². The van der Waals surface area contributed by atoms with E-state index in [0.29, 0.717) is 24.4 Å². The zero-order valence-corrected chi connectivity index (χ0v) is 10.6. The van der Waals surface area contributed by atoms with Gasteiger partial charge in [-0.15, -0.1) is 0 Å². The van der Waals surface area contributed by atoms with E-state index in [9.17, 15) is 0 Å². The highest BCUT2D eigenvalue weighted by molar-refractivity contribution is 4.90. The molecule has 0 spiro atoms. The van der Waals surface area contributed by atoms with E-state index < -0.39 is 0 Å². The van der Waals surface area contributed by atoms with Crippen molar-refractivity contribution in [3.63, 3.8) is 0 Å². The van der Waals surface area contributed by atoms with Gasteiger partial charge in [-0.3, -0.25) is 21.3 Å². The van der Waals surface area contributed by atoms with Gasteiger partial charge in [0.05, 0.1) is 12.3 Å². The molecule has 4 atom stereocenters. The molecule has 2 heterocycles. The molecule has 2 aliphatic rings. The molecule has 2 saturated heterocycles. The van der Waals surface area contributed by atoms with Crippen LogP contribution in [0, 0.1) is 0 Å². The maximum Gasteiger partial charge on any atom is 0.0868 e. The van der Waals surface area contributed by atoms with Gasteiger partial charge in [0.2, 0.25) is 0 Å². The molecule has 4 nitrogen and oxygen atoms in total. The SMILES string of the molecule is CC[C@H]1CCN[C@@H]([C@H]2NCC[C@@H](CC)N2)N1. The van der Waals surface area contributed by atoms with Crippen LogP contribution in [-0.2, 0) is 0 Å². The fourth-order valence-corrected chi connectivity index (χ4v) is 2.69. The van der Waals surface area contributed by atoms with Crippen LogP contribution in [0.3, 0.4) is 0 Å². The maximum absolute atomic E-state index is 3.68. The van der Waals surface area contributed by atoms with Gasteiger partial charge < -0.3 is 0 Å². The normalized spacial score (nSPS) is 40.9. The average Bonchev–Trinajstić information content (AvgIpc) is 2.39. The molecule has 0 bridgehead atoms. The lowest BCUT2D eigenvalue weighted by Gasteiger charge is -2.41. The van der Waals surface area contributed by atoms with Gasteiger partial charge in [0.1, 0.15) is 0 Å². The monoisotopic (exact) mass is 226 g/mol. The summed E-state index contributed by atoms with van der Waals surface area (Å²) in [6, 6.07) is 1.36. The van der Waals surface area contributed by atoms with E-state index in [2.05, 4.69) is 35.1 Å². The van der Waals surface area contributed by atoms with Crippen molar-refractivity contribution in [1.29, 1.82) is 0 Å². The Morgan fingerprint density at radius 3 is 1.62 bits per heavy atom. The minimum atomic E-state index is 0.382. The van der Waals surface area contributed by atoms with Gasteiger partial charge in [-0.25, -0.2) is 0 Å². The molecule has 0 aromatic carbocycles. The van der Waals surface area contributed by atoms with Crippen LogP contribution >= 0.6 is 0 Å². The maximum atomic E-state index is 3.68.